The molecule has 0 saturated carbocycles. The van der Waals surface area contributed by atoms with Crippen LogP contribution in [0, 0.1) is 10.5 Å². The topological polar surface area (TPSA) is 43.4 Å². The maximum atomic E-state index is 12.1. The van der Waals surface area contributed by atoms with Gasteiger partial charge in [-0.1, -0.05) is 24.3 Å². The molecular formula is C13H11IO3S. The minimum atomic E-state index is -3.77. The SMILES string of the molecule is Cc1ccc(S(=O)(=O)Oc2ccccc2)c(I)c1. The van der Waals surface area contributed by atoms with E-state index >= 15 is 0 Å². The number of halogens is 1. The molecule has 3 nitrogen and oxygen atoms in total. The Hall–Kier alpha value is -1.08. The lowest BCUT2D eigenvalue weighted by Crippen LogP contribution is -2.11. The fourth-order valence-electron chi connectivity index (χ4n) is 1.46. The van der Waals surface area contributed by atoms with Gasteiger partial charge in [0.2, 0.25) is 0 Å². The van der Waals surface area contributed by atoms with E-state index in [0.717, 1.165) is 5.56 Å². The smallest absolute Gasteiger partial charge is 0.340 e. The molecule has 94 valence electrons. The van der Waals surface area contributed by atoms with Crippen molar-refractivity contribution >= 4 is 32.7 Å². The molecule has 0 aliphatic rings. The molecule has 2 aromatic carbocycles. The Morgan fingerprint density at radius 1 is 1.06 bits per heavy atom. The van der Waals surface area contributed by atoms with Crippen LogP contribution in [0.2, 0.25) is 0 Å². The first-order chi connectivity index (χ1) is 8.49. The van der Waals surface area contributed by atoms with Crippen LogP contribution < -0.4 is 4.18 Å². The maximum Gasteiger partial charge on any atom is 0.340 e. The van der Waals surface area contributed by atoms with Crippen LogP contribution in [-0.4, -0.2) is 8.42 Å². The molecule has 0 amide bonds. The van der Waals surface area contributed by atoms with Crippen LogP contribution in [0.4, 0.5) is 0 Å². The Bertz CT molecular complexity index is 651. The van der Waals surface area contributed by atoms with Gasteiger partial charge < -0.3 is 4.18 Å². The van der Waals surface area contributed by atoms with E-state index in [1.165, 1.54) is 0 Å². The molecule has 0 heterocycles. The molecule has 0 N–H and O–H groups in total. The van der Waals surface area contributed by atoms with Crippen LogP contribution in [0.15, 0.2) is 53.4 Å². The average Bonchev–Trinajstić information content (AvgIpc) is 2.29. The van der Waals surface area contributed by atoms with Crippen molar-refractivity contribution in [1.29, 1.82) is 0 Å². The van der Waals surface area contributed by atoms with Crippen LogP contribution in [0.5, 0.6) is 5.75 Å². The lowest BCUT2D eigenvalue weighted by atomic mass is 10.2. The van der Waals surface area contributed by atoms with Gasteiger partial charge in [-0.3, -0.25) is 0 Å². The Balaban J connectivity index is 2.37. The predicted molar refractivity (Wildman–Crippen MR) is 78.2 cm³/mol. The molecule has 0 fully saturated rings. The van der Waals surface area contributed by atoms with Gasteiger partial charge in [0.15, 0.2) is 0 Å². The molecule has 0 bridgehead atoms. The predicted octanol–water partition coefficient (Wildman–Crippen LogP) is 3.37. The minimum absolute atomic E-state index is 0.192. The molecule has 0 saturated heterocycles. The van der Waals surface area contributed by atoms with Crippen LogP contribution in [-0.2, 0) is 10.1 Å². The fourth-order valence-corrected chi connectivity index (χ4v) is 3.92. The molecule has 18 heavy (non-hydrogen) atoms. The Morgan fingerprint density at radius 3 is 2.33 bits per heavy atom. The van der Waals surface area contributed by atoms with Gasteiger partial charge in [-0.25, -0.2) is 0 Å². The highest BCUT2D eigenvalue weighted by atomic mass is 127. The summed E-state index contributed by atoms with van der Waals surface area (Å²) in [4.78, 5) is 0.192. The molecule has 0 unspecified atom stereocenters. The van der Waals surface area contributed by atoms with Gasteiger partial charge in [0.25, 0.3) is 0 Å². The van der Waals surface area contributed by atoms with Gasteiger partial charge in [-0.15, -0.1) is 0 Å². The van der Waals surface area contributed by atoms with Crippen molar-refractivity contribution in [2.75, 3.05) is 0 Å². The van der Waals surface area contributed by atoms with E-state index in [4.69, 9.17) is 4.18 Å². The third-order valence-electron chi connectivity index (χ3n) is 2.31. The van der Waals surface area contributed by atoms with E-state index in [-0.39, 0.29) is 4.90 Å². The molecule has 0 spiro atoms. The standard InChI is InChI=1S/C13H11IO3S/c1-10-7-8-13(12(14)9-10)18(15,16)17-11-5-3-2-4-6-11/h2-9H,1H3. The van der Waals surface area contributed by atoms with E-state index in [0.29, 0.717) is 9.32 Å². The summed E-state index contributed by atoms with van der Waals surface area (Å²) < 4.78 is 29.9. The van der Waals surface area contributed by atoms with Crippen molar-refractivity contribution in [3.05, 3.63) is 57.7 Å². The average molecular weight is 374 g/mol. The molecular weight excluding hydrogens is 363 g/mol. The maximum absolute atomic E-state index is 12.1. The summed E-state index contributed by atoms with van der Waals surface area (Å²) in [6.45, 7) is 1.91. The van der Waals surface area contributed by atoms with E-state index in [1.54, 1.807) is 42.5 Å². The number of para-hydroxylation sites is 1. The van der Waals surface area contributed by atoms with Gasteiger partial charge in [-0.05, 0) is 59.3 Å². The van der Waals surface area contributed by atoms with Crippen LogP contribution in [0.3, 0.4) is 0 Å². The summed E-state index contributed by atoms with van der Waals surface area (Å²) in [6, 6.07) is 13.6. The molecule has 5 heteroatoms. The minimum Gasteiger partial charge on any atom is -0.379 e. The van der Waals surface area contributed by atoms with Gasteiger partial charge in [0.05, 0.1) is 0 Å². The molecule has 0 radical (unpaired) electrons. The van der Waals surface area contributed by atoms with Gasteiger partial charge in [0, 0.05) is 3.57 Å². The van der Waals surface area contributed by atoms with Crippen molar-refractivity contribution in [3.63, 3.8) is 0 Å². The van der Waals surface area contributed by atoms with Gasteiger partial charge in [-0.2, -0.15) is 8.42 Å². The monoisotopic (exact) mass is 374 g/mol. The highest BCUT2D eigenvalue weighted by Crippen LogP contribution is 2.23. The lowest BCUT2D eigenvalue weighted by Gasteiger charge is -2.08. The summed E-state index contributed by atoms with van der Waals surface area (Å²) >= 11 is 1.99. The molecule has 0 aliphatic carbocycles. The van der Waals surface area contributed by atoms with E-state index in [1.807, 2.05) is 35.6 Å². The number of hydrogen-bond donors (Lipinski definition) is 0. The third-order valence-corrected chi connectivity index (χ3v) is 4.87. The summed E-state index contributed by atoms with van der Waals surface area (Å²) in [5.74, 6) is 0.314. The summed E-state index contributed by atoms with van der Waals surface area (Å²) in [7, 11) is -3.77. The second kappa shape index (κ2) is 5.27. The second-order valence-corrected chi connectivity index (χ2v) is 6.46. The van der Waals surface area contributed by atoms with Crippen molar-refractivity contribution in [3.8, 4) is 5.75 Å². The van der Waals surface area contributed by atoms with Crippen molar-refractivity contribution in [1.82, 2.24) is 0 Å². The van der Waals surface area contributed by atoms with Crippen molar-refractivity contribution < 1.29 is 12.6 Å². The van der Waals surface area contributed by atoms with E-state index < -0.39 is 10.1 Å². The van der Waals surface area contributed by atoms with Crippen LogP contribution in [0.1, 0.15) is 5.56 Å². The molecule has 0 aliphatic heterocycles. The largest absolute Gasteiger partial charge is 0.379 e. The number of aryl methyl sites for hydroxylation is 1. The summed E-state index contributed by atoms with van der Waals surface area (Å²) in [5, 5.41) is 0. The third kappa shape index (κ3) is 3.02. The van der Waals surface area contributed by atoms with Crippen LogP contribution >= 0.6 is 22.6 Å². The van der Waals surface area contributed by atoms with E-state index in [9.17, 15) is 8.42 Å². The zero-order valence-electron chi connectivity index (χ0n) is 9.63. The first-order valence-corrected chi connectivity index (χ1v) is 7.73. The summed E-state index contributed by atoms with van der Waals surface area (Å²) in [6.07, 6.45) is 0. The highest BCUT2D eigenvalue weighted by molar-refractivity contribution is 14.1. The number of hydrogen-bond acceptors (Lipinski definition) is 3. The highest BCUT2D eigenvalue weighted by Gasteiger charge is 2.19. The van der Waals surface area contributed by atoms with Crippen molar-refractivity contribution in [2.45, 2.75) is 11.8 Å². The zero-order chi connectivity index (χ0) is 13.2. The lowest BCUT2D eigenvalue weighted by molar-refractivity contribution is 0.485. The first-order valence-electron chi connectivity index (χ1n) is 5.25. The molecule has 2 rings (SSSR count). The quantitative estimate of drug-likeness (QED) is 0.611. The van der Waals surface area contributed by atoms with Gasteiger partial charge >= 0.3 is 10.1 Å². The molecule has 0 aromatic heterocycles. The summed E-state index contributed by atoms with van der Waals surface area (Å²) in [5.41, 5.74) is 1.01. The van der Waals surface area contributed by atoms with Crippen molar-refractivity contribution in [2.24, 2.45) is 0 Å². The number of rotatable bonds is 3. The fraction of sp³-hybridized carbons (Fsp3) is 0.0769. The Labute approximate surface area is 120 Å². The zero-order valence-corrected chi connectivity index (χ0v) is 12.6. The number of benzene rings is 2. The molecule has 0 atom stereocenters. The molecule has 2 aromatic rings. The first kappa shape index (κ1) is 13.4. The van der Waals surface area contributed by atoms with Gasteiger partial charge in [0.1, 0.15) is 10.6 Å². The van der Waals surface area contributed by atoms with E-state index in [2.05, 4.69) is 0 Å². The Kier molecular flexibility index (Phi) is 3.91. The van der Waals surface area contributed by atoms with Crippen LogP contribution in [0.25, 0.3) is 0 Å². The Morgan fingerprint density at radius 2 is 1.72 bits per heavy atom. The second-order valence-electron chi connectivity index (χ2n) is 3.78. The normalized spacial score (nSPS) is 11.2.